The highest BCUT2D eigenvalue weighted by Crippen LogP contribution is 1.96. The van der Waals surface area contributed by atoms with Crippen LogP contribution in [-0.2, 0) is 14.3 Å². The van der Waals surface area contributed by atoms with E-state index in [2.05, 4.69) is 4.74 Å². The first-order valence-corrected chi connectivity index (χ1v) is 2.98. The molecule has 58 valence electrons. The zero-order valence-electron chi connectivity index (χ0n) is 5.33. The summed E-state index contributed by atoms with van der Waals surface area (Å²) < 4.78 is 4.31. The summed E-state index contributed by atoms with van der Waals surface area (Å²) in [5.74, 6) is -1.73. The van der Waals surface area contributed by atoms with Crippen LogP contribution in [0.25, 0.3) is 0 Å². The second-order valence-electron chi connectivity index (χ2n) is 1.61. The van der Waals surface area contributed by atoms with Crippen LogP contribution in [0.1, 0.15) is 6.92 Å². The lowest BCUT2D eigenvalue weighted by Gasteiger charge is -2.02. The molecule has 1 atom stereocenters. The maximum atomic E-state index is 10.1. The van der Waals surface area contributed by atoms with Gasteiger partial charge in [0.2, 0.25) is 0 Å². The highest BCUT2D eigenvalue weighted by Gasteiger charge is 2.14. The van der Waals surface area contributed by atoms with Crippen molar-refractivity contribution >= 4 is 23.5 Å². The van der Waals surface area contributed by atoms with E-state index in [9.17, 15) is 9.59 Å². The Labute approximate surface area is 62.7 Å². The maximum Gasteiger partial charge on any atom is 0.325 e. The minimum Gasteiger partial charge on any atom is -0.480 e. The van der Waals surface area contributed by atoms with E-state index in [0.29, 0.717) is 0 Å². The second kappa shape index (κ2) is 4.11. The Balaban J connectivity index is 3.49. The lowest BCUT2D eigenvalue weighted by atomic mass is 10.4. The third-order valence-electron chi connectivity index (χ3n) is 0.701. The number of halogens is 1. The van der Waals surface area contributed by atoms with Crippen LogP contribution in [-0.4, -0.2) is 29.0 Å². The third-order valence-corrected chi connectivity index (χ3v) is 1.01. The van der Waals surface area contributed by atoms with E-state index in [0.717, 1.165) is 0 Å². The number of carboxylic acids is 1. The molecule has 1 N–H and O–H groups in total. The molecule has 0 saturated carbocycles. The Kier molecular flexibility index (Phi) is 3.79. The number of alkyl halides is 1. The van der Waals surface area contributed by atoms with Crippen molar-refractivity contribution in [1.82, 2.24) is 0 Å². The SMILES string of the molecule is CC(=O)OCC(Cl)C(=O)O. The summed E-state index contributed by atoms with van der Waals surface area (Å²) in [6.45, 7) is 0.900. The first-order valence-electron chi connectivity index (χ1n) is 2.54. The van der Waals surface area contributed by atoms with E-state index in [-0.39, 0.29) is 6.61 Å². The standard InChI is InChI=1S/C5H7ClO4/c1-3(7)10-2-4(6)5(8)9/h4H,2H2,1H3,(H,8,9). The average molecular weight is 167 g/mol. The molecule has 5 heteroatoms. The van der Waals surface area contributed by atoms with Gasteiger partial charge in [0, 0.05) is 6.92 Å². The summed E-state index contributed by atoms with van der Waals surface area (Å²) >= 11 is 5.18. The largest absolute Gasteiger partial charge is 0.480 e. The fourth-order valence-electron chi connectivity index (χ4n) is 0.262. The molecule has 10 heavy (non-hydrogen) atoms. The van der Waals surface area contributed by atoms with Crippen LogP contribution in [0.5, 0.6) is 0 Å². The Morgan fingerprint density at radius 1 is 1.70 bits per heavy atom. The van der Waals surface area contributed by atoms with Crippen LogP contribution in [0.4, 0.5) is 0 Å². The quantitative estimate of drug-likeness (QED) is 0.482. The van der Waals surface area contributed by atoms with Gasteiger partial charge in [-0.1, -0.05) is 0 Å². The number of aliphatic carboxylic acids is 1. The molecule has 4 nitrogen and oxygen atoms in total. The first kappa shape index (κ1) is 9.23. The molecule has 0 aliphatic rings. The van der Waals surface area contributed by atoms with Crippen LogP contribution in [0.3, 0.4) is 0 Å². The van der Waals surface area contributed by atoms with E-state index in [4.69, 9.17) is 16.7 Å². The number of carbonyl (C=O) groups excluding carboxylic acids is 1. The van der Waals surface area contributed by atoms with Crippen molar-refractivity contribution in [3.8, 4) is 0 Å². The van der Waals surface area contributed by atoms with Crippen molar-refractivity contribution < 1.29 is 19.4 Å². The molecule has 0 radical (unpaired) electrons. The van der Waals surface area contributed by atoms with Gasteiger partial charge in [0.05, 0.1) is 0 Å². The van der Waals surface area contributed by atoms with E-state index >= 15 is 0 Å². The minimum absolute atomic E-state index is 0.285. The minimum atomic E-state index is -1.19. The van der Waals surface area contributed by atoms with Gasteiger partial charge in [0.15, 0.2) is 5.38 Å². The van der Waals surface area contributed by atoms with Gasteiger partial charge in [-0.3, -0.25) is 9.59 Å². The van der Waals surface area contributed by atoms with Gasteiger partial charge >= 0.3 is 11.9 Å². The van der Waals surface area contributed by atoms with Crippen molar-refractivity contribution in [2.24, 2.45) is 0 Å². The topological polar surface area (TPSA) is 63.6 Å². The van der Waals surface area contributed by atoms with Crippen molar-refractivity contribution in [1.29, 1.82) is 0 Å². The molecule has 0 aliphatic heterocycles. The molecule has 1 unspecified atom stereocenters. The predicted octanol–water partition coefficient (Wildman–Crippen LogP) is 0.241. The monoisotopic (exact) mass is 166 g/mol. The van der Waals surface area contributed by atoms with Gasteiger partial charge in [0.25, 0.3) is 0 Å². The van der Waals surface area contributed by atoms with E-state index in [1.807, 2.05) is 0 Å². The van der Waals surface area contributed by atoms with Crippen molar-refractivity contribution in [2.45, 2.75) is 12.3 Å². The van der Waals surface area contributed by atoms with Crippen LogP contribution in [0, 0.1) is 0 Å². The molecule has 0 bridgehead atoms. The number of carbonyl (C=O) groups is 2. The second-order valence-corrected chi connectivity index (χ2v) is 2.14. The zero-order chi connectivity index (χ0) is 8.15. The molecule has 0 heterocycles. The molecule has 0 aliphatic carbocycles. The van der Waals surface area contributed by atoms with Gasteiger partial charge in [-0.25, -0.2) is 0 Å². The molecule has 0 aromatic carbocycles. The van der Waals surface area contributed by atoms with Crippen molar-refractivity contribution in [2.75, 3.05) is 6.61 Å². The summed E-state index contributed by atoms with van der Waals surface area (Å²) in [6.07, 6.45) is 0. The van der Waals surface area contributed by atoms with Crippen molar-refractivity contribution in [3.63, 3.8) is 0 Å². The molecule has 0 amide bonds. The van der Waals surface area contributed by atoms with E-state index < -0.39 is 17.3 Å². The molecule has 0 fully saturated rings. The van der Waals surface area contributed by atoms with Crippen LogP contribution in [0.2, 0.25) is 0 Å². The molecule has 0 rings (SSSR count). The molecular formula is C5H7ClO4. The average Bonchev–Trinajstić information content (AvgIpc) is 1.82. The summed E-state index contributed by atoms with van der Waals surface area (Å²) in [5.41, 5.74) is 0. The fourth-order valence-corrected chi connectivity index (χ4v) is 0.325. The van der Waals surface area contributed by atoms with Crippen molar-refractivity contribution in [3.05, 3.63) is 0 Å². The highest BCUT2D eigenvalue weighted by atomic mass is 35.5. The molecule has 0 saturated heterocycles. The molecule has 0 aromatic heterocycles. The number of hydrogen-bond acceptors (Lipinski definition) is 3. The summed E-state index contributed by atoms with van der Waals surface area (Å²) in [5, 5.41) is 7.02. The number of rotatable bonds is 3. The summed E-state index contributed by atoms with van der Waals surface area (Å²) in [6, 6.07) is 0. The van der Waals surface area contributed by atoms with Crippen LogP contribution in [0.15, 0.2) is 0 Å². The normalized spacial score (nSPS) is 12.2. The lowest BCUT2D eigenvalue weighted by Crippen LogP contribution is -2.20. The zero-order valence-corrected chi connectivity index (χ0v) is 6.09. The fraction of sp³-hybridized carbons (Fsp3) is 0.600. The number of ether oxygens (including phenoxy) is 1. The number of esters is 1. The Hall–Kier alpha value is -0.770. The van der Waals surface area contributed by atoms with Gasteiger partial charge in [-0.05, 0) is 0 Å². The Morgan fingerprint density at radius 2 is 2.20 bits per heavy atom. The van der Waals surface area contributed by atoms with Gasteiger partial charge in [0.1, 0.15) is 6.61 Å². The number of hydrogen-bond donors (Lipinski definition) is 1. The van der Waals surface area contributed by atoms with Gasteiger partial charge in [-0.15, -0.1) is 11.6 Å². The smallest absolute Gasteiger partial charge is 0.325 e. The van der Waals surface area contributed by atoms with Crippen LogP contribution >= 0.6 is 11.6 Å². The van der Waals surface area contributed by atoms with Gasteiger partial charge < -0.3 is 9.84 Å². The number of carboxylic acid groups (broad SMARTS) is 1. The lowest BCUT2D eigenvalue weighted by molar-refractivity contribution is -0.144. The predicted molar refractivity (Wildman–Crippen MR) is 33.9 cm³/mol. The molecule has 0 aromatic rings. The Bertz CT molecular complexity index is 145. The third kappa shape index (κ3) is 4.14. The van der Waals surface area contributed by atoms with Crippen LogP contribution < -0.4 is 0 Å². The molecular weight excluding hydrogens is 160 g/mol. The summed E-state index contributed by atoms with van der Waals surface area (Å²) in [7, 11) is 0. The van der Waals surface area contributed by atoms with E-state index in [1.54, 1.807) is 0 Å². The summed E-state index contributed by atoms with van der Waals surface area (Å²) in [4.78, 5) is 20.1. The van der Waals surface area contributed by atoms with E-state index in [1.165, 1.54) is 6.92 Å². The highest BCUT2D eigenvalue weighted by molar-refractivity contribution is 6.29. The molecule has 0 spiro atoms. The first-order chi connectivity index (χ1) is 4.54. The Morgan fingerprint density at radius 3 is 2.50 bits per heavy atom. The maximum absolute atomic E-state index is 10.1. The van der Waals surface area contributed by atoms with Gasteiger partial charge in [-0.2, -0.15) is 0 Å².